The molecule has 0 aromatic heterocycles. The molecule has 0 radical (unpaired) electrons. The fraction of sp³-hybridized carbons (Fsp3) is 0.562. The van der Waals surface area contributed by atoms with Gasteiger partial charge in [-0.05, 0) is 51.7 Å². The largest absolute Gasteiger partial charge is 0.334 e. The Kier molecular flexibility index (Phi) is 5.39. The van der Waals surface area contributed by atoms with E-state index in [1.54, 1.807) is 6.08 Å². The van der Waals surface area contributed by atoms with Crippen molar-refractivity contribution in [2.75, 3.05) is 0 Å². The Labute approximate surface area is 111 Å². The number of hydrogen-bond acceptors (Lipinski definition) is 1. The minimum atomic E-state index is 0.0907. The number of carbonyl (C=O) groups excluding carboxylic acids is 1. The first-order valence-corrected chi connectivity index (χ1v) is 6.80. The van der Waals surface area contributed by atoms with Crippen molar-refractivity contribution >= 4 is 5.91 Å². The van der Waals surface area contributed by atoms with Crippen LogP contribution in [-0.4, -0.2) is 22.9 Å². The van der Waals surface area contributed by atoms with Crippen molar-refractivity contribution in [3.63, 3.8) is 0 Å². The quantitative estimate of drug-likeness (QED) is 0.693. The van der Waals surface area contributed by atoms with Crippen LogP contribution < -0.4 is 0 Å². The molecular weight excluding hydrogens is 222 g/mol. The van der Waals surface area contributed by atoms with E-state index in [4.69, 9.17) is 0 Å². The van der Waals surface area contributed by atoms with Gasteiger partial charge in [0.2, 0.25) is 5.91 Å². The average Bonchev–Trinajstić information content (AvgIpc) is 2.27. The number of hydrogen-bond donors (Lipinski definition) is 0. The Balaban J connectivity index is 2.66. The summed E-state index contributed by atoms with van der Waals surface area (Å²) in [6.45, 7) is 10.4. The molecule has 0 aliphatic heterocycles. The molecule has 2 heteroatoms. The summed E-state index contributed by atoms with van der Waals surface area (Å²) < 4.78 is 0. The lowest BCUT2D eigenvalue weighted by Crippen LogP contribution is -2.41. The molecule has 1 aliphatic rings. The van der Waals surface area contributed by atoms with E-state index in [2.05, 4.69) is 25.2 Å². The predicted molar refractivity (Wildman–Crippen MR) is 77.3 cm³/mol. The van der Waals surface area contributed by atoms with Gasteiger partial charge in [-0.15, -0.1) is 0 Å². The first-order valence-electron chi connectivity index (χ1n) is 6.80. The second-order valence-corrected chi connectivity index (χ2v) is 5.54. The van der Waals surface area contributed by atoms with Gasteiger partial charge in [0.15, 0.2) is 0 Å². The van der Waals surface area contributed by atoms with Crippen molar-refractivity contribution in [2.24, 2.45) is 5.92 Å². The van der Waals surface area contributed by atoms with Gasteiger partial charge in [-0.2, -0.15) is 0 Å². The third-order valence-electron chi connectivity index (χ3n) is 3.13. The zero-order valence-electron chi connectivity index (χ0n) is 12.2. The van der Waals surface area contributed by atoms with Crippen LogP contribution in [0, 0.1) is 5.92 Å². The van der Waals surface area contributed by atoms with Crippen molar-refractivity contribution in [3.8, 4) is 0 Å². The summed E-state index contributed by atoms with van der Waals surface area (Å²) in [5, 5.41) is 0. The highest BCUT2D eigenvalue weighted by Gasteiger charge is 2.17. The Hall–Kier alpha value is -1.31. The van der Waals surface area contributed by atoms with E-state index in [1.165, 1.54) is 0 Å². The lowest BCUT2D eigenvalue weighted by Gasteiger charge is -2.29. The topological polar surface area (TPSA) is 20.3 Å². The van der Waals surface area contributed by atoms with Gasteiger partial charge in [-0.1, -0.05) is 25.2 Å². The normalized spacial score (nSPS) is 19.7. The third-order valence-corrected chi connectivity index (χ3v) is 3.13. The minimum Gasteiger partial charge on any atom is -0.334 e. The van der Waals surface area contributed by atoms with E-state index in [-0.39, 0.29) is 18.0 Å². The first-order chi connectivity index (χ1) is 8.41. The maximum Gasteiger partial charge on any atom is 0.247 e. The van der Waals surface area contributed by atoms with Crippen LogP contribution in [0.15, 0.2) is 36.0 Å². The lowest BCUT2D eigenvalue weighted by atomic mass is 9.98. The molecule has 0 N–H and O–H groups in total. The summed E-state index contributed by atoms with van der Waals surface area (Å²) in [6, 6.07) is 0.469. The van der Waals surface area contributed by atoms with Gasteiger partial charge in [-0.25, -0.2) is 0 Å². The fourth-order valence-electron chi connectivity index (χ4n) is 2.23. The van der Waals surface area contributed by atoms with E-state index in [0.29, 0.717) is 5.92 Å². The predicted octanol–water partition coefficient (Wildman–Crippen LogP) is 3.71. The molecule has 0 aromatic carbocycles. The van der Waals surface area contributed by atoms with E-state index in [0.717, 1.165) is 12.0 Å². The smallest absolute Gasteiger partial charge is 0.247 e. The average molecular weight is 247 g/mol. The van der Waals surface area contributed by atoms with Crippen molar-refractivity contribution in [1.29, 1.82) is 0 Å². The summed E-state index contributed by atoms with van der Waals surface area (Å²) in [5.74, 6) is 0.702. The molecule has 1 rings (SSSR count). The van der Waals surface area contributed by atoms with Crippen LogP contribution in [0.25, 0.3) is 0 Å². The van der Waals surface area contributed by atoms with Crippen LogP contribution in [0.5, 0.6) is 0 Å². The van der Waals surface area contributed by atoms with Gasteiger partial charge < -0.3 is 4.90 Å². The lowest BCUT2D eigenvalue weighted by molar-refractivity contribution is -0.129. The van der Waals surface area contributed by atoms with Crippen LogP contribution >= 0.6 is 0 Å². The standard InChI is InChI=1S/C16H25NO/c1-12(2)17(13(3)4)16(18)11-10-15-8-6-14(5)7-9-15/h6,8-14H,7H2,1-5H3. The summed E-state index contributed by atoms with van der Waals surface area (Å²) in [5.41, 5.74) is 1.13. The molecule has 0 saturated heterocycles. The molecule has 2 nitrogen and oxygen atoms in total. The number of nitrogens with zero attached hydrogens (tertiary/aromatic N) is 1. The van der Waals surface area contributed by atoms with Crippen LogP contribution in [0.2, 0.25) is 0 Å². The van der Waals surface area contributed by atoms with Crippen LogP contribution in [-0.2, 0) is 4.79 Å². The molecule has 1 aliphatic carbocycles. The Morgan fingerprint density at radius 3 is 2.39 bits per heavy atom. The summed E-state index contributed by atoms with van der Waals surface area (Å²) in [4.78, 5) is 14.0. The second kappa shape index (κ2) is 6.58. The van der Waals surface area contributed by atoms with E-state index in [9.17, 15) is 4.79 Å². The third kappa shape index (κ3) is 4.17. The number of carbonyl (C=O) groups is 1. The summed E-state index contributed by atoms with van der Waals surface area (Å²) in [6.07, 6.45) is 11.1. The van der Waals surface area contributed by atoms with Gasteiger partial charge in [-0.3, -0.25) is 4.79 Å². The highest BCUT2D eigenvalue weighted by molar-refractivity contribution is 5.88. The minimum absolute atomic E-state index is 0.0907. The molecule has 0 saturated carbocycles. The maximum atomic E-state index is 12.1. The number of allylic oxidation sites excluding steroid dienone is 5. The molecule has 1 atom stereocenters. The van der Waals surface area contributed by atoms with Crippen LogP contribution in [0.3, 0.4) is 0 Å². The summed E-state index contributed by atoms with van der Waals surface area (Å²) >= 11 is 0. The van der Waals surface area contributed by atoms with Crippen molar-refractivity contribution in [1.82, 2.24) is 4.90 Å². The maximum absolute atomic E-state index is 12.1. The van der Waals surface area contributed by atoms with Crippen LogP contribution in [0.4, 0.5) is 0 Å². The zero-order chi connectivity index (χ0) is 13.7. The van der Waals surface area contributed by atoms with E-state index < -0.39 is 0 Å². The van der Waals surface area contributed by atoms with Gasteiger partial charge >= 0.3 is 0 Å². The SMILES string of the molecule is CC1C=CC(C=CC(=O)N(C(C)C)C(C)C)=CC1. The zero-order valence-corrected chi connectivity index (χ0v) is 12.2. The van der Waals surface area contributed by atoms with Gasteiger partial charge in [0.05, 0.1) is 0 Å². The molecule has 1 amide bonds. The van der Waals surface area contributed by atoms with Gasteiger partial charge in [0, 0.05) is 18.2 Å². The molecule has 0 aromatic rings. The van der Waals surface area contributed by atoms with Gasteiger partial charge in [0.1, 0.15) is 0 Å². The molecule has 18 heavy (non-hydrogen) atoms. The van der Waals surface area contributed by atoms with Gasteiger partial charge in [0.25, 0.3) is 0 Å². The molecular formula is C16H25NO. The Morgan fingerprint density at radius 2 is 1.94 bits per heavy atom. The van der Waals surface area contributed by atoms with Crippen molar-refractivity contribution in [3.05, 3.63) is 36.0 Å². The molecule has 0 fully saturated rings. The molecule has 100 valence electrons. The highest BCUT2D eigenvalue weighted by atomic mass is 16.2. The second-order valence-electron chi connectivity index (χ2n) is 5.54. The molecule has 1 unspecified atom stereocenters. The summed E-state index contributed by atoms with van der Waals surface area (Å²) in [7, 11) is 0. The first kappa shape index (κ1) is 14.7. The van der Waals surface area contributed by atoms with E-state index in [1.807, 2.05) is 38.7 Å². The molecule has 0 heterocycles. The fourth-order valence-corrected chi connectivity index (χ4v) is 2.23. The monoisotopic (exact) mass is 247 g/mol. The number of rotatable bonds is 4. The highest BCUT2D eigenvalue weighted by Crippen LogP contribution is 2.16. The molecule has 0 bridgehead atoms. The Bertz CT molecular complexity index is 367. The van der Waals surface area contributed by atoms with E-state index >= 15 is 0 Å². The Morgan fingerprint density at radius 1 is 1.33 bits per heavy atom. The van der Waals surface area contributed by atoms with Crippen molar-refractivity contribution < 1.29 is 4.79 Å². The molecule has 0 spiro atoms. The number of amides is 1. The van der Waals surface area contributed by atoms with Crippen molar-refractivity contribution in [2.45, 2.75) is 53.1 Å². The van der Waals surface area contributed by atoms with Crippen LogP contribution in [0.1, 0.15) is 41.0 Å².